The van der Waals surface area contributed by atoms with Gasteiger partial charge >= 0.3 is 0 Å². The first kappa shape index (κ1) is 18.1. The van der Waals surface area contributed by atoms with Gasteiger partial charge in [-0.2, -0.15) is 0 Å². The summed E-state index contributed by atoms with van der Waals surface area (Å²) in [4.78, 5) is 0. The molecule has 0 aliphatic carbocycles. The van der Waals surface area contributed by atoms with Crippen molar-refractivity contribution in [2.45, 2.75) is 5.16 Å². The Labute approximate surface area is 157 Å². The van der Waals surface area contributed by atoms with E-state index in [1.165, 1.54) is 0 Å². The van der Waals surface area contributed by atoms with Crippen molar-refractivity contribution >= 4 is 11.8 Å². The zero-order valence-corrected chi connectivity index (χ0v) is 15.8. The van der Waals surface area contributed by atoms with Gasteiger partial charge in [0.15, 0.2) is 11.0 Å². The molecule has 1 aromatic heterocycles. The van der Waals surface area contributed by atoms with Crippen LogP contribution < -0.4 is 14.2 Å². The first-order valence-corrected chi connectivity index (χ1v) is 9.13. The molecule has 0 spiro atoms. The summed E-state index contributed by atoms with van der Waals surface area (Å²) < 4.78 is 18.0. The van der Waals surface area contributed by atoms with E-state index >= 15 is 0 Å². The normalized spacial score (nSPS) is 10.6. The standard InChI is InChI=1S/C19H21N3O3S/c1-22-18(14-4-6-15(23-2)7-5-14)20-21-19(22)26-13-12-25-17-10-8-16(24-3)9-11-17/h4-11H,12-13H2,1-3H3. The van der Waals surface area contributed by atoms with Gasteiger partial charge in [-0.1, -0.05) is 11.8 Å². The van der Waals surface area contributed by atoms with Gasteiger partial charge < -0.3 is 18.8 Å². The van der Waals surface area contributed by atoms with Gasteiger partial charge in [-0.3, -0.25) is 0 Å². The van der Waals surface area contributed by atoms with Crippen LogP contribution in [0, 0.1) is 0 Å². The summed E-state index contributed by atoms with van der Waals surface area (Å²) in [6.07, 6.45) is 0. The van der Waals surface area contributed by atoms with Crippen molar-refractivity contribution in [2.24, 2.45) is 7.05 Å². The molecule has 0 saturated carbocycles. The molecule has 0 aliphatic heterocycles. The van der Waals surface area contributed by atoms with Gasteiger partial charge in [0.2, 0.25) is 0 Å². The lowest BCUT2D eigenvalue weighted by atomic mass is 10.2. The molecule has 136 valence electrons. The fourth-order valence-corrected chi connectivity index (χ4v) is 3.12. The minimum absolute atomic E-state index is 0.585. The average molecular weight is 371 g/mol. The summed E-state index contributed by atoms with van der Waals surface area (Å²) in [6.45, 7) is 0.585. The largest absolute Gasteiger partial charge is 0.497 e. The number of hydrogen-bond donors (Lipinski definition) is 0. The molecule has 0 radical (unpaired) electrons. The Morgan fingerprint density at radius 1 is 0.846 bits per heavy atom. The van der Waals surface area contributed by atoms with Crippen LogP contribution >= 0.6 is 11.8 Å². The maximum atomic E-state index is 5.74. The fourth-order valence-electron chi connectivity index (χ4n) is 2.40. The van der Waals surface area contributed by atoms with Crippen LogP contribution in [-0.2, 0) is 7.05 Å². The Hall–Kier alpha value is -2.67. The second kappa shape index (κ2) is 8.62. The van der Waals surface area contributed by atoms with Gasteiger partial charge in [0.05, 0.1) is 20.8 Å². The summed E-state index contributed by atoms with van der Waals surface area (Å²) >= 11 is 1.61. The average Bonchev–Trinajstić information content (AvgIpc) is 3.06. The maximum absolute atomic E-state index is 5.74. The van der Waals surface area contributed by atoms with Crippen LogP contribution in [0.15, 0.2) is 53.7 Å². The first-order valence-electron chi connectivity index (χ1n) is 8.14. The second-order valence-electron chi connectivity index (χ2n) is 5.47. The minimum Gasteiger partial charge on any atom is -0.497 e. The van der Waals surface area contributed by atoms with Crippen LogP contribution in [0.5, 0.6) is 17.2 Å². The maximum Gasteiger partial charge on any atom is 0.191 e. The molecule has 0 fully saturated rings. The molecule has 6 nitrogen and oxygen atoms in total. The van der Waals surface area contributed by atoms with E-state index in [4.69, 9.17) is 14.2 Å². The van der Waals surface area contributed by atoms with Crippen molar-refractivity contribution in [1.82, 2.24) is 14.8 Å². The van der Waals surface area contributed by atoms with Crippen molar-refractivity contribution in [3.05, 3.63) is 48.5 Å². The van der Waals surface area contributed by atoms with Gasteiger partial charge in [-0.15, -0.1) is 10.2 Å². The summed E-state index contributed by atoms with van der Waals surface area (Å²) in [5, 5.41) is 9.42. The third-order valence-corrected chi connectivity index (χ3v) is 4.81. The molecule has 2 aromatic carbocycles. The van der Waals surface area contributed by atoms with Gasteiger partial charge in [0, 0.05) is 18.4 Å². The molecule has 3 rings (SSSR count). The van der Waals surface area contributed by atoms with E-state index < -0.39 is 0 Å². The number of thioether (sulfide) groups is 1. The van der Waals surface area contributed by atoms with Crippen LogP contribution in [0.25, 0.3) is 11.4 Å². The molecule has 0 bridgehead atoms. The van der Waals surface area contributed by atoms with Gasteiger partial charge in [-0.25, -0.2) is 0 Å². The highest BCUT2D eigenvalue weighted by Crippen LogP contribution is 2.24. The predicted octanol–water partition coefficient (Wildman–Crippen LogP) is 3.67. The number of nitrogens with zero attached hydrogens (tertiary/aromatic N) is 3. The number of benzene rings is 2. The van der Waals surface area contributed by atoms with E-state index in [0.29, 0.717) is 6.61 Å². The Morgan fingerprint density at radius 2 is 1.42 bits per heavy atom. The predicted molar refractivity (Wildman–Crippen MR) is 102 cm³/mol. The van der Waals surface area contributed by atoms with Crippen LogP contribution in [0.1, 0.15) is 0 Å². The molecule has 26 heavy (non-hydrogen) atoms. The van der Waals surface area contributed by atoms with Crippen molar-refractivity contribution < 1.29 is 14.2 Å². The van der Waals surface area contributed by atoms with Crippen molar-refractivity contribution in [3.8, 4) is 28.6 Å². The third-order valence-electron chi connectivity index (χ3n) is 3.83. The number of rotatable bonds is 8. The Morgan fingerprint density at radius 3 is 2.04 bits per heavy atom. The van der Waals surface area contributed by atoms with E-state index in [0.717, 1.165) is 39.5 Å². The number of hydrogen-bond acceptors (Lipinski definition) is 6. The van der Waals surface area contributed by atoms with Crippen molar-refractivity contribution in [1.29, 1.82) is 0 Å². The SMILES string of the molecule is COc1ccc(OCCSc2nnc(-c3ccc(OC)cc3)n2C)cc1. The Kier molecular flexibility index (Phi) is 6.01. The fraction of sp³-hybridized carbons (Fsp3) is 0.263. The zero-order chi connectivity index (χ0) is 18.4. The molecule has 1 heterocycles. The Balaban J connectivity index is 1.54. The van der Waals surface area contributed by atoms with Gasteiger partial charge in [0.1, 0.15) is 17.2 Å². The highest BCUT2D eigenvalue weighted by molar-refractivity contribution is 7.99. The van der Waals surface area contributed by atoms with Crippen molar-refractivity contribution in [3.63, 3.8) is 0 Å². The highest BCUT2D eigenvalue weighted by Gasteiger charge is 2.11. The van der Waals surface area contributed by atoms with E-state index in [-0.39, 0.29) is 0 Å². The van der Waals surface area contributed by atoms with Crippen LogP contribution in [-0.4, -0.2) is 41.3 Å². The van der Waals surface area contributed by atoms with Crippen LogP contribution in [0.2, 0.25) is 0 Å². The smallest absolute Gasteiger partial charge is 0.191 e. The third kappa shape index (κ3) is 4.29. The molecular weight excluding hydrogens is 350 g/mol. The van der Waals surface area contributed by atoms with Crippen molar-refractivity contribution in [2.75, 3.05) is 26.6 Å². The lowest BCUT2D eigenvalue weighted by molar-refractivity contribution is 0.342. The van der Waals surface area contributed by atoms with E-state index in [2.05, 4.69) is 10.2 Å². The first-order chi connectivity index (χ1) is 12.7. The lowest BCUT2D eigenvalue weighted by Gasteiger charge is -2.07. The second-order valence-corrected chi connectivity index (χ2v) is 6.53. The summed E-state index contributed by atoms with van der Waals surface area (Å²) in [7, 11) is 5.26. The zero-order valence-electron chi connectivity index (χ0n) is 15.0. The topological polar surface area (TPSA) is 58.4 Å². The molecule has 3 aromatic rings. The van der Waals surface area contributed by atoms with E-state index in [1.54, 1.807) is 26.0 Å². The van der Waals surface area contributed by atoms with Gasteiger partial charge in [-0.05, 0) is 48.5 Å². The van der Waals surface area contributed by atoms with Crippen LogP contribution in [0.3, 0.4) is 0 Å². The molecule has 0 amide bonds. The summed E-state index contributed by atoms with van der Waals surface area (Å²) in [5.74, 6) is 4.06. The van der Waals surface area contributed by atoms with E-state index in [9.17, 15) is 0 Å². The summed E-state index contributed by atoms with van der Waals surface area (Å²) in [5.41, 5.74) is 1.00. The minimum atomic E-state index is 0.585. The number of methoxy groups -OCH3 is 2. The quantitative estimate of drug-likeness (QED) is 0.445. The molecule has 0 unspecified atom stereocenters. The highest BCUT2D eigenvalue weighted by atomic mass is 32.2. The molecule has 0 N–H and O–H groups in total. The monoisotopic (exact) mass is 371 g/mol. The van der Waals surface area contributed by atoms with Gasteiger partial charge in [0.25, 0.3) is 0 Å². The van der Waals surface area contributed by atoms with Crippen LogP contribution in [0.4, 0.5) is 0 Å². The number of ether oxygens (including phenoxy) is 3. The lowest BCUT2D eigenvalue weighted by Crippen LogP contribution is -2.02. The molecule has 0 atom stereocenters. The van der Waals surface area contributed by atoms with E-state index in [1.807, 2.05) is 60.1 Å². The molecule has 0 saturated heterocycles. The molecular formula is C19H21N3O3S. The molecule has 0 aliphatic rings. The Bertz CT molecular complexity index is 832. The number of aromatic nitrogens is 3. The summed E-state index contributed by atoms with van der Waals surface area (Å²) in [6, 6.07) is 15.3. The molecule has 7 heteroatoms.